The zero-order valence-electron chi connectivity index (χ0n) is 17.0. The van der Waals surface area contributed by atoms with Crippen LogP contribution in [0.5, 0.6) is 5.75 Å². The first-order valence-electron chi connectivity index (χ1n) is 9.98. The molecule has 30 heavy (non-hydrogen) atoms. The molecular formula is C22H27N4O4+. The fourth-order valence-corrected chi connectivity index (χ4v) is 3.33. The number of amides is 3. The van der Waals surface area contributed by atoms with Crippen LogP contribution in [0.1, 0.15) is 10.4 Å². The Labute approximate surface area is 175 Å². The molecule has 3 N–H and O–H groups in total. The van der Waals surface area contributed by atoms with E-state index in [1.165, 1.54) is 4.90 Å². The largest absolute Gasteiger partial charge is 0.497 e. The van der Waals surface area contributed by atoms with Crippen molar-refractivity contribution < 1.29 is 24.0 Å². The van der Waals surface area contributed by atoms with Gasteiger partial charge >= 0.3 is 11.8 Å². The van der Waals surface area contributed by atoms with Gasteiger partial charge in [-0.25, -0.2) is 0 Å². The van der Waals surface area contributed by atoms with Crippen molar-refractivity contribution in [3.63, 3.8) is 0 Å². The van der Waals surface area contributed by atoms with Crippen LogP contribution in [-0.4, -0.2) is 69.0 Å². The smallest absolute Gasteiger partial charge is 0.313 e. The second-order valence-corrected chi connectivity index (χ2v) is 7.10. The van der Waals surface area contributed by atoms with Crippen LogP contribution >= 0.6 is 0 Å². The molecule has 0 radical (unpaired) electrons. The standard InChI is InChI=1S/C22H26N4O4/c1-30-19-9-7-17(8-10-19)22(29)26-15-13-25(14-16-26)12-11-23-20(27)21(28)24-18-5-3-2-4-6-18/h2-10H,11-16H2,1H3,(H,23,27)(H,24,28)/p+1. The highest BCUT2D eigenvalue weighted by Gasteiger charge is 2.24. The lowest BCUT2D eigenvalue weighted by Crippen LogP contribution is -3.15. The molecule has 1 fully saturated rings. The van der Waals surface area contributed by atoms with Crippen molar-refractivity contribution in [1.82, 2.24) is 10.2 Å². The van der Waals surface area contributed by atoms with E-state index in [2.05, 4.69) is 10.6 Å². The van der Waals surface area contributed by atoms with Gasteiger partial charge in [0.2, 0.25) is 0 Å². The van der Waals surface area contributed by atoms with Crippen LogP contribution in [0.2, 0.25) is 0 Å². The summed E-state index contributed by atoms with van der Waals surface area (Å²) in [6.07, 6.45) is 0. The first-order valence-corrected chi connectivity index (χ1v) is 9.98. The van der Waals surface area contributed by atoms with E-state index in [-0.39, 0.29) is 5.91 Å². The van der Waals surface area contributed by atoms with Crippen LogP contribution < -0.4 is 20.3 Å². The number of hydrogen-bond acceptors (Lipinski definition) is 4. The summed E-state index contributed by atoms with van der Waals surface area (Å²) in [5.41, 5.74) is 1.23. The molecule has 1 heterocycles. The first-order chi connectivity index (χ1) is 14.6. The van der Waals surface area contributed by atoms with Crippen LogP contribution in [-0.2, 0) is 9.59 Å². The van der Waals surface area contributed by atoms with Crippen LogP contribution in [0, 0.1) is 0 Å². The zero-order chi connectivity index (χ0) is 21.3. The monoisotopic (exact) mass is 411 g/mol. The fraction of sp³-hybridized carbons (Fsp3) is 0.318. The van der Waals surface area contributed by atoms with Crippen molar-refractivity contribution in [3.05, 3.63) is 60.2 Å². The average Bonchev–Trinajstić information content (AvgIpc) is 2.79. The molecule has 0 saturated carbocycles. The van der Waals surface area contributed by atoms with Gasteiger partial charge in [0.05, 0.1) is 46.4 Å². The van der Waals surface area contributed by atoms with E-state index in [1.54, 1.807) is 55.6 Å². The second kappa shape index (κ2) is 10.4. The van der Waals surface area contributed by atoms with Gasteiger partial charge in [-0.3, -0.25) is 14.4 Å². The third-order valence-electron chi connectivity index (χ3n) is 5.10. The molecule has 3 rings (SSSR count). The van der Waals surface area contributed by atoms with Crippen molar-refractivity contribution in [2.45, 2.75) is 0 Å². The molecule has 1 saturated heterocycles. The molecule has 3 amide bonds. The van der Waals surface area contributed by atoms with Crippen LogP contribution in [0.25, 0.3) is 0 Å². The highest BCUT2D eigenvalue weighted by molar-refractivity contribution is 6.39. The van der Waals surface area contributed by atoms with Crippen LogP contribution in [0.4, 0.5) is 5.69 Å². The van der Waals surface area contributed by atoms with Gasteiger partial charge in [0, 0.05) is 11.3 Å². The van der Waals surface area contributed by atoms with E-state index in [1.807, 2.05) is 11.0 Å². The minimum atomic E-state index is -0.675. The number of benzene rings is 2. The lowest BCUT2D eigenvalue weighted by Gasteiger charge is -2.32. The van der Waals surface area contributed by atoms with Crippen molar-refractivity contribution in [3.8, 4) is 5.75 Å². The number of quaternary nitrogens is 1. The highest BCUT2D eigenvalue weighted by Crippen LogP contribution is 2.13. The van der Waals surface area contributed by atoms with Gasteiger partial charge in [-0.05, 0) is 36.4 Å². The number of hydrogen-bond donors (Lipinski definition) is 3. The maximum Gasteiger partial charge on any atom is 0.313 e. The first kappa shape index (κ1) is 21.3. The number of nitrogens with zero attached hydrogens (tertiary/aromatic N) is 1. The van der Waals surface area contributed by atoms with Crippen molar-refractivity contribution >= 4 is 23.4 Å². The molecule has 0 aliphatic carbocycles. The lowest BCUT2D eigenvalue weighted by molar-refractivity contribution is -0.902. The van der Waals surface area contributed by atoms with Crippen LogP contribution in [0.3, 0.4) is 0 Å². The van der Waals surface area contributed by atoms with Crippen molar-refractivity contribution in [1.29, 1.82) is 0 Å². The molecular weight excluding hydrogens is 384 g/mol. The normalized spacial score (nSPS) is 14.1. The number of carbonyl (C=O) groups excluding carboxylic acids is 3. The summed E-state index contributed by atoms with van der Waals surface area (Å²) in [4.78, 5) is 39.6. The van der Waals surface area contributed by atoms with E-state index >= 15 is 0 Å². The Morgan fingerprint density at radius 2 is 1.63 bits per heavy atom. The molecule has 2 aromatic rings. The predicted molar refractivity (Wildman–Crippen MR) is 113 cm³/mol. The summed E-state index contributed by atoms with van der Waals surface area (Å²) in [5, 5.41) is 5.22. The Balaban J connectivity index is 1.36. The number of carbonyl (C=O) groups is 3. The molecule has 0 unspecified atom stereocenters. The van der Waals surface area contributed by atoms with Crippen molar-refractivity contribution in [2.75, 3.05) is 51.7 Å². The number of para-hydroxylation sites is 1. The van der Waals surface area contributed by atoms with Crippen molar-refractivity contribution in [2.24, 2.45) is 0 Å². The molecule has 1 aliphatic rings. The van der Waals surface area contributed by atoms with Gasteiger partial charge in [0.25, 0.3) is 5.91 Å². The summed E-state index contributed by atoms with van der Waals surface area (Å²) in [6.45, 7) is 4.02. The molecule has 2 aromatic carbocycles. The Kier molecular flexibility index (Phi) is 7.40. The molecule has 0 spiro atoms. The number of rotatable bonds is 6. The Hall–Kier alpha value is -3.39. The van der Waals surface area contributed by atoms with E-state index in [0.29, 0.717) is 37.4 Å². The summed E-state index contributed by atoms with van der Waals surface area (Å²) >= 11 is 0. The molecule has 0 aromatic heterocycles. The SMILES string of the molecule is COc1ccc(C(=O)N2CC[NH+](CCNC(=O)C(=O)Nc3ccccc3)CC2)cc1. The Morgan fingerprint density at radius 3 is 2.27 bits per heavy atom. The third-order valence-corrected chi connectivity index (χ3v) is 5.10. The van der Waals surface area contributed by atoms with Crippen LogP contribution in [0.15, 0.2) is 54.6 Å². The van der Waals surface area contributed by atoms with Gasteiger partial charge in [0.15, 0.2) is 0 Å². The Morgan fingerprint density at radius 1 is 0.967 bits per heavy atom. The predicted octanol–water partition coefficient (Wildman–Crippen LogP) is -0.209. The molecule has 0 atom stereocenters. The summed E-state index contributed by atoms with van der Waals surface area (Å²) < 4.78 is 5.12. The lowest BCUT2D eigenvalue weighted by atomic mass is 10.1. The maximum atomic E-state index is 12.6. The molecule has 1 aliphatic heterocycles. The quantitative estimate of drug-likeness (QED) is 0.574. The minimum absolute atomic E-state index is 0.0163. The number of anilines is 1. The zero-order valence-corrected chi connectivity index (χ0v) is 17.0. The topological polar surface area (TPSA) is 92.2 Å². The molecule has 8 heteroatoms. The summed E-state index contributed by atoms with van der Waals surface area (Å²) in [5.74, 6) is -0.583. The number of piperazine rings is 1. The van der Waals surface area contributed by atoms with Gasteiger partial charge < -0.3 is 25.2 Å². The van der Waals surface area contributed by atoms with Gasteiger partial charge in [-0.15, -0.1) is 0 Å². The molecule has 0 bridgehead atoms. The number of methoxy groups -OCH3 is 1. The molecule has 8 nitrogen and oxygen atoms in total. The van der Waals surface area contributed by atoms with Gasteiger partial charge in [0.1, 0.15) is 5.75 Å². The average molecular weight is 411 g/mol. The minimum Gasteiger partial charge on any atom is -0.497 e. The molecule has 158 valence electrons. The van der Waals surface area contributed by atoms with E-state index in [4.69, 9.17) is 4.74 Å². The van der Waals surface area contributed by atoms with Gasteiger partial charge in [-0.1, -0.05) is 18.2 Å². The maximum absolute atomic E-state index is 12.6. The van der Waals surface area contributed by atoms with E-state index in [0.717, 1.165) is 18.8 Å². The second-order valence-electron chi connectivity index (χ2n) is 7.10. The Bertz CT molecular complexity index is 862. The highest BCUT2D eigenvalue weighted by atomic mass is 16.5. The summed E-state index contributed by atoms with van der Waals surface area (Å²) in [7, 11) is 1.59. The van der Waals surface area contributed by atoms with Gasteiger partial charge in [-0.2, -0.15) is 0 Å². The van der Waals surface area contributed by atoms with E-state index in [9.17, 15) is 14.4 Å². The number of ether oxygens (including phenoxy) is 1. The third kappa shape index (κ3) is 5.81. The fourth-order valence-electron chi connectivity index (χ4n) is 3.33. The summed E-state index contributed by atoms with van der Waals surface area (Å²) in [6, 6.07) is 16.0. The van der Waals surface area contributed by atoms with E-state index < -0.39 is 11.8 Å². The number of nitrogens with one attached hydrogen (secondary N) is 3.